The highest BCUT2D eigenvalue weighted by Gasteiger charge is 2.09. The van der Waals surface area contributed by atoms with Crippen LogP contribution in [0, 0.1) is 0 Å². The molecule has 4 N–H and O–H groups in total. The maximum atomic E-state index is 10.9. The zero-order valence-corrected chi connectivity index (χ0v) is 15.3. The highest BCUT2D eigenvalue weighted by atomic mass is 79.9. The van der Waals surface area contributed by atoms with E-state index in [1.807, 2.05) is 42.5 Å². The largest absolute Gasteiger partial charge is 1.00 e. The molecule has 0 radical (unpaired) electrons. The van der Waals surface area contributed by atoms with E-state index in [0.717, 1.165) is 15.6 Å². The van der Waals surface area contributed by atoms with Crippen LogP contribution in [-0.4, -0.2) is 24.2 Å². The maximum Gasteiger partial charge on any atom is 0.255 e. The first-order chi connectivity index (χ1) is 11.1. The van der Waals surface area contributed by atoms with Crippen molar-refractivity contribution in [3.63, 3.8) is 0 Å². The standard InChI is InChI=1S/C17H19BrN2O3.ClH/c18-14-6-7-16(23-11-17(19)22)13(8-14)9-20-10-15(21)12-4-2-1-3-5-12;/h1-8,15,20-21H,9-11H2,(H2,19,22);1H/p-1. The smallest absolute Gasteiger partial charge is 0.255 e. The molecule has 0 aromatic heterocycles. The molecule has 2 aromatic carbocycles. The number of hydrogen-bond acceptors (Lipinski definition) is 4. The Morgan fingerprint density at radius 3 is 2.62 bits per heavy atom. The predicted molar refractivity (Wildman–Crippen MR) is 91.9 cm³/mol. The third kappa shape index (κ3) is 6.49. The molecule has 0 aliphatic rings. The van der Waals surface area contributed by atoms with Crippen LogP contribution >= 0.6 is 15.9 Å². The van der Waals surface area contributed by atoms with E-state index in [1.165, 1.54) is 0 Å². The van der Waals surface area contributed by atoms with E-state index >= 15 is 0 Å². The topological polar surface area (TPSA) is 84.6 Å². The van der Waals surface area contributed by atoms with Crippen LogP contribution in [0.4, 0.5) is 0 Å². The molecule has 1 atom stereocenters. The van der Waals surface area contributed by atoms with Gasteiger partial charge in [0.05, 0.1) is 6.10 Å². The number of nitrogens with two attached hydrogens (primary N) is 1. The van der Waals surface area contributed by atoms with Crippen LogP contribution in [0.25, 0.3) is 0 Å². The van der Waals surface area contributed by atoms with Crippen LogP contribution in [0.2, 0.25) is 0 Å². The van der Waals surface area contributed by atoms with Crippen molar-refractivity contribution in [3.8, 4) is 5.75 Å². The summed E-state index contributed by atoms with van der Waals surface area (Å²) >= 11 is 3.41. The highest BCUT2D eigenvalue weighted by molar-refractivity contribution is 9.10. The molecule has 0 saturated carbocycles. The number of primary amides is 1. The van der Waals surface area contributed by atoms with Crippen molar-refractivity contribution in [2.24, 2.45) is 5.73 Å². The summed E-state index contributed by atoms with van der Waals surface area (Å²) in [5, 5.41) is 13.3. The first-order valence-electron chi connectivity index (χ1n) is 7.19. The molecule has 130 valence electrons. The SMILES string of the molecule is NC(=O)COc1ccc(Br)cc1CNCC(O)c1ccccc1.[Cl-]. The maximum absolute atomic E-state index is 10.9. The van der Waals surface area contributed by atoms with Crippen LogP contribution < -0.4 is 28.2 Å². The number of benzene rings is 2. The zero-order chi connectivity index (χ0) is 16.7. The minimum atomic E-state index is -0.585. The number of carbonyl (C=O) groups excluding carboxylic acids is 1. The molecule has 0 heterocycles. The first kappa shape index (κ1) is 20.4. The predicted octanol–water partition coefficient (Wildman–Crippen LogP) is -0.860. The fraction of sp³-hybridized carbons (Fsp3) is 0.235. The minimum Gasteiger partial charge on any atom is -1.00 e. The number of nitrogens with one attached hydrogen (secondary N) is 1. The van der Waals surface area contributed by atoms with E-state index in [2.05, 4.69) is 21.2 Å². The molecule has 1 unspecified atom stereocenters. The van der Waals surface area contributed by atoms with Crippen molar-refractivity contribution in [3.05, 3.63) is 64.1 Å². The monoisotopic (exact) mass is 413 g/mol. The van der Waals surface area contributed by atoms with Gasteiger partial charge in [-0.05, 0) is 23.8 Å². The van der Waals surface area contributed by atoms with Gasteiger partial charge in [0.15, 0.2) is 6.61 Å². The van der Waals surface area contributed by atoms with Gasteiger partial charge in [0.25, 0.3) is 5.91 Å². The lowest BCUT2D eigenvalue weighted by Gasteiger charge is -2.14. The van der Waals surface area contributed by atoms with Gasteiger partial charge in [-0.15, -0.1) is 0 Å². The molecule has 7 heteroatoms. The van der Waals surface area contributed by atoms with Crippen molar-refractivity contribution in [1.82, 2.24) is 5.32 Å². The third-order valence-corrected chi connectivity index (χ3v) is 3.72. The molecule has 0 spiro atoms. The Balaban J connectivity index is 0.00000288. The lowest BCUT2D eigenvalue weighted by Crippen LogP contribution is -3.00. The summed E-state index contributed by atoms with van der Waals surface area (Å²) in [6.45, 7) is 0.741. The summed E-state index contributed by atoms with van der Waals surface area (Å²) in [6.07, 6.45) is -0.585. The highest BCUT2D eigenvalue weighted by Crippen LogP contribution is 2.23. The van der Waals surface area contributed by atoms with Crippen molar-refractivity contribution >= 4 is 21.8 Å². The Labute approximate surface area is 155 Å². The molecule has 0 aliphatic carbocycles. The number of hydrogen-bond donors (Lipinski definition) is 3. The quantitative estimate of drug-likeness (QED) is 0.525. The number of aliphatic hydroxyl groups excluding tert-OH is 1. The molecular weight excluding hydrogens is 396 g/mol. The van der Waals surface area contributed by atoms with Crippen LogP contribution in [0.5, 0.6) is 5.75 Å². The Morgan fingerprint density at radius 2 is 1.96 bits per heavy atom. The van der Waals surface area contributed by atoms with Gasteiger partial charge >= 0.3 is 0 Å². The van der Waals surface area contributed by atoms with Gasteiger partial charge < -0.3 is 33.3 Å². The number of amides is 1. The fourth-order valence-electron chi connectivity index (χ4n) is 2.11. The average Bonchev–Trinajstić information content (AvgIpc) is 2.54. The number of aliphatic hydroxyl groups is 1. The molecule has 2 aromatic rings. The Hall–Kier alpha value is -1.60. The van der Waals surface area contributed by atoms with E-state index < -0.39 is 12.0 Å². The number of rotatable bonds is 8. The Kier molecular flexibility index (Phi) is 8.78. The van der Waals surface area contributed by atoms with E-state index in [0.29, 0.717) is 18.8 Å². The minimum absolute atomic E-state index is 0. The van der Waals surface area contributed by atoms with E-state index in [-0.39, 0.29) is 19.0 Å². The summed E-state index contributed by atoms with van der Waals surface area (Å²) < 4.78 is 6.30. The fourth-order valence-corrected chi connectivity index (χ4v) is 2.52. The van der Waals surface area contributed by atoms with Gasteiger partial charge in [-0.3, -0.25) is 4.79 Å². The van der Waals surface area contributed by atoms with Crippen LogP contribution in [0.1, 0.15) is 17.2 Å². The summed E-state index contributed by atoms with van der Waals surface area (Å²) in [4.78, 5) is 10.9. The molecule has 0 bridgehead atoms. The Morgan fingerprint density at radius 1 is 1.25 bits per heavy atom. The first-order valence-corrected chi connectivity index (χ1v) is 7.99. The van der Waals surface area contributed by atoms with E-state index in [1.54, 1.807) is 6.07 Å². The zero-order valence-electron chi connectivity index (χ0n) is 12.9. The average molecular weight is 415 g/mol. The van der Waals surface area contributed by atoms with Crippen molar-refractivity contribution < 1.29 is 27.0 Å². The molecule has 0 saturated heterocycles. The summed E-state index contributed by atoms with van der Waals surface area (Å²) in [7, 11) is 0. The number of carbonyl (C=O) groups is 1. The normalized spacial score (nSPS) is 11.4. The lowest BCUT2D eigenvalue weighted by atomic mass is 10.1. The summed E-state index contributed by atoms with van der Waals surface area (Å²) in [6, 6.07) is 15.0. The molecular formula is C17H19BrClN2O3-. The molecule has 1 amide bonds. The van der Waals surface area contributed by atoms with Crippen molar-refractivity contribution in [2.45, 2.75) is 12.6 Å². The molecule has 0 aliphatic heterocycles. The number of halogens is 2. The van der Waals surface area contributed by atoms with Gasteiger partial charge in [0.1, 0.15) is 5.75 Å². The van der Waals surface area contributed by atoms with Gasteiger partial charge in [0.2, 0.25) is 0 Å². The Bertz CT molecular complexity index is 656. The lowest BCUT2D eigenvalue weighted by molar-refractivity contribution is -0.119. The van der Waals surface area contributed by atoms with Crippen molar-refractivity contribution in [1.29, 1.82) is 0 Å². The van der Waals surface area contributed by atoms with Gasteiger partial charge in [-0.1, -0.05) is 46.3 Å². The van der Waals surface area contributed by atoms with Crippen LogP contribution in [0.15, 0.2) is 53.0 Å². The van der Waals surface area contributed by atoms with Gasteiger partial charge in [0, 0.05) is 23.1 Å². The van der Waals surface area contributed by atoms with Gasteiger partial charge in [-0.2, -0.15) is 0 Å². The van der Waals surface area contributed by atoms with Gasteiger partial charge in [-0.25, -0.2) is 0 Å². The van der Waals surface area contributed by atoms with Crippen LogP contribution in [-0.2, 0) is 11.3 Å². The van der Waals surface area contributed by atoms with E-state index in [9.17, 15) is 9.90 Å². The number of ether oxygens (including phenoxy) is 1. The molecule has 2 rings (SSSR count). The second kappa shape index (κ2) is 10.3. The second-order valence-electron chi connectivity index (χ2n) is 5.06. The van der Waals surface area contributed by atoms with E-state index in [4.69, 9.17) is 10.5 Å². The second-order valence-corrected chi connectivity index (χ2v) is 5.98. The third-order valence-electron chi connectivity index (χ3n) is 3.23. The molecule has 0 fully saturated rings. The van der Waals surface area contributed by atoms with Crippen molar-refractivity contribution in [2.75, 3.05) is 13.2 Å². The van der Waals surface area contributed by atoms with Crippen LogP contribution in [0.3, 0.4) is 0 Å². The summed E-state index contributed by atoms with van der Waals surface area (Å²) in [5.41, 5.74) is 6.84. The summed E-state index contributed by atoms with van der Waals surface area (Å²) in [5.74, 6) is 0.0695. The molecule has 24 heavy (non-hydrogen) atoms. The molecule has 5 nitrogen and oxygen atoms in total.